The summed E-state index contributed by atoms with van der Waals surface area (Å²) >= 11 is 0. The van der Waals surface area contributed by atoms with Gasteiger partial charge in [-0.3, -0.25) is 9.89 Å². The van der Waals surface area contributed by atoms with E-state index >= 15 is 0 Å². The number of benzene rings is 1. The summed E-state index contributed by atoms with van der Waals surface area (Å²) in [4.78, 5) is 18.2. The molecule has 0 unspecified atom stereocenters. The van der Waals surface area contributed by atoms with Gasteiger partial charge in [-0.2, -0.15) is 0 Å². The van der Waals surface area contributed by atoms with Crippen molar-refractivity contribution >= 4 is 35.9 Å². The van der Waals surface area contributed by atoms with E-state index in [1.807, 2.05) is 12.1 Å². The van der Waals surface area contributed by atoms with Crippen molar-refractivity contribution in [2.24, 2.45) is 4.99 Å². The summed E-state index contributed by atoms with van der Waals surface area (Å²) in [7, 11) is 0. The zero-order valence-electron chi connectivity index (χ0n) is 18.6. The Kier molecular flexibility index (Phi) is 9.03. The quantitative estimate of drug-likeness (QED) is 0.298. The molecule has 32 heavy (non-hydrogen) atoms. The van der Waals surface area contributed by atoms with Gasteiger partial charge in [-0.15, -0.1) is 24.0 Å². The van der Waals surface area contributed by atoms with Crippen LogP contribution in [0.2, 0.25) is 0 Å². The van der Waals surface area contributed by atoms with E-state index in [0.29, 0.717) is 6.54 Å². The fourth-order valence-corrected chi connectivity index (χ4v) is 4.04. The highest BCUT2D eigenvalue weighted by molar-refractivity contribution is 14.0. The molecule has 0 bridgehead atoms. The topological polar surface area (TPSA) is 68.7 Å². The molecule has 4 rings (SSSR count). The standard InChI is InChI=1S/C23H32FN7.HI/c1-2-25-21(29-18-23(7-8-23)19-5-3-6-20(24)17-19)26-11-12-30-13-15-31(16-14-30)22-27-9-4-10-28-22;/h3-6,9-10,17H,2,7-8,11-16,18H2,1H3,(H2,25,26,29);1H. The summed E-state index contributed by atoms with van der Waals surface area (Å²) in [5, 5.41) is 6.79. The molecule has 1 aromatic carbocycles. The van der Waals surface area contributed by atoms with Crippen LogP contribution in [-0.4, -0.2) is 73.2 Å². The monoisotopic (exact) mass is 553 g/mol. The molecule has 0 amide bonds. The van der Waals surface area contributed by atoms with Gasteiger partial charge >= 0.3 is 0 Å². The fraction of sp³-hybridized carbons (Fsp3) is 0.522. The Balaban J connectivity index is 0.00000289. The van der Waals surface area contributed by atoms with E-state index in [0.717, 1.165) is 76.1 Å². The highest BCUT2D eigenvalue weighted by Crippen LogP contribution is 2.48. The third-order valence-electron chi connectivity index (χ3n) is 6.10. The molecule has 1 aliphatic heterocycles. The maximum Gasteiger partial charge on any atom is 0.225 e. The minimum absolute atomic E-state index is 0. The molecule has 0 spiro atoms. The fourth-order valence-electron chi connectivity index (χ4n) is 4.04. The van der Waals surface area contributed by atoms with Gasteiger partial charge in [0.1, 0.15) is 5.82 Å². The van der Waals surface area contributed by atoms with Gasteiger partial charge in [-0.1, -0.05) is 12.1 Å². The van der Waals surface area contributed by atoms with Crippen LogP contribution in [0.15, 0.2) is 47.7 Å². The molecule has 2 fully saturated rings. The molecule has 1 saturated carbocycles. The minimum Gasteiger partial charge on any atom is -0.357 e. The Hall–Kier alpha value is -2.01. The molecule has 2 heterocycles. The van der Waals surface area contributed by atoms with Crippen molar-refractivity contribution in [3.8, 4) is 0 Å². The predicted octanol–water partition coefficient (Wildman–Crippen LogP) is 2.64. The summed E-state index contributed by atoms with van der Waals surface area (Å²) in [6, 6.07) is 8.82. The number of aromatic nitrogens is 2. The van der Waals surface area contributed by atoms with Gasteiger partial charge in [-0.25, -0.2) is 14.4 Å². The Bertz CT molecular complexity index is 868. The Labute approximate surface area is 206 Å². The molecular formula is C23H33FIN7. The van der Waals surface area contributed by atoms with Crippen LogP contribution in [0, 0.1) is 5.82 Å². The van der Waals surface area contributed by atoms with Crippen LogP contribution in [0.1, 0.15) is 25.3 Å². The molecule has 7 nitrogen and oxygen atoms in total. The first-order valence-corrected chi connectivity index (χ1v) is 11.2. The third kappa shape index (κ3) is 6.50. The van der Waals surface area contributed by atoms with Crippen molar-refractivity contribution < 1.29 is 4.39 Å². The highest BCUT2D eigenvalue weighted by Gasteiger charge is 2.44. The van der Waals surface area contributed by atoms with Gasteiger partial charge in [0.25, 0.3) is 0 Å². The molecule has 9 heteroatoms. The van der Waals surface area contributed by atoms with Crippen LogP contribution < -0.4 is 15.5 Å². The Morgan fingerprint density at radius 1 is 1.09 bits per heavy atom. The largest absolute Gasteiger partial charge is 0.357 e. The van der Waals surface area contributed by atoms with Crippen molar-refractivity contribution in [2.75, 3.05) is 57.3 Å². The van der Waals surface area contributed by atoms with Crippen LogP contribution >= 0.6 is 24.0 Å². The average molecular weight is 553 g/mol. The molecule has 2 N–H and O–H groups in total. The van der Waals surface area contributed by atoms with E-state index in [1.165, 1.54) is 6.07 Å². The number of hydrogen-bond acceptors (Lipinski definition) is 5. The maximum absolute atomic E-state index is 13.6. The molecule has 0 atom stereocenters. The lowest BCUT2D eigenvalue weighted by molar-refractivity contribution is 0.260. The number of aliphatic imine (C=N–C) groups is 1. The first kappa shape index (κ1) is 24.6. The van der Waals surface area contributed by atoms with Gasteiger partial charge in [0, 0.05) is 63.6 Å². The molecular weight excluding hydrogens is 520 g/mol. The van der Waals surface area contributed by atoms with Crippen molar-refractivity contribution in [3.63, 3.8) is 0 Å². The van der Waals surface area contributed by atoms with Crippen molar-refractivity contribution in [1.29, 1.82) is 0 Å². The Morgan fingerprint density at radius 3 is 2.50 bits per heavy atom. The lowest BCUT2D eigenvalue weighted by Gasteiger charge is -2.34. The first-order valence-electron chi connectivity index (χ1n) is 11.2. The summed E-state index contributed by atoms with van der Waals surface area (Å²) in [5.74, 6) is 1.48. The van der Waals surface area contributed by atoms with E-state index < -0.39 is 0 Å². The second-order valence-corrected chi connectivity index (χ2v) is 8.29. The lowest BCUT2D eigenvalue weighted by Crippen LogP contribution is -2.49. The number of rotatable bonds is 8. The summed E-state index contributed by atoms with van der Waals surface area (Å²) in [6.07, 6.45) is 5.71. The Morgan fingerprint density at radius 2 is 1.84 bits per heavy atom. The van der Waals surface area contributed by atoms with Crippen LogP contribution in [0.4, 0.5) is 10.3 Å². The third-order valence-corrected chi connectivity index (χ3v) is 6.10. The minimum atomic E-state index is -0.170. The SMILES string of the molecule is CCNC(=NCC1(c2cccc(F)c2)CC1)NCCN1CCN(c2ncccn2)CC1.I. The summed E-state index contributed by atoms with van der Waals surface area (Å²) < 4.78 is 13.6. The summed E-state index contributed by atoms with van der Waals surface area (Å²) in [5.41, 5.74) is 1.06. The van der Waals surface area contributed by atoms with Crippen LogP contribution in [0.3, 0.4) is 0 Å². The van der Waals surface area contributed by atoms with Crippen LogP contribution in [0.5, 0.6) is 0 Å². The van der Waals surface area contributed by atoms with Gasteiger partial charge in [-0.05, 0) is 43.5 Å². The van der Waals surface area contributed by atoms with Gasteiger partial charge in [0.15, 0.2) is 5.96 Å². The number of piperazine rings is 1. The highest BCUT2D eigenvalue weighted by atomic mass is 127. The lowest BCUT2D eigenvalue weighted by atomic mass is 9.96. The predicted molar refractivity (Wildman–Crippen MR) is 137 cm³/mol. The van der Waals surface area contributed by atoms with Crippen LogP contribution in [-0.2, 0) is 5.41 Å². The van der Waals surface area contributed by atoms with E-state index in [9.17, 15) is 4.39 Å². The first-order chi connectivity index (χ1) is 15.2. The molecule has 2 aromatic rings. The zero-order valence-corrected chi connectivity index (χ0v) is 21.0. The molecule has 2 aliphatic rings. The maximum atomic E-state index is 13.6. The molecule has 0 radical (unpaired) electrons. The number of halogens is 2. The number of hydrogen-bond donors (Lipinski definition) is 2. The van der Waals surface area contributed by atoms with E-state index in [-0.39, 0.29) is 35.2 Å². The van der Waals surface area contributed by atoms with E-state index in [4.69, 9.17) is 4.99 Å². The number of anilines is 1. The normalized spacial score (nSPS) is 18.1. The average Bonchev–Trinajstić information content (AvgIpc) is 3.60. The molecule has 174 valence electrons. The van der Waals surface area contributed by atoms with Crippen molar-refractivity contribution in [3.05, 3.63) is 54.1 Å². The van der Waals surface area contributed by atoms with Gasteiger partial charge in [0.05, 0.1) is 6.54 Å². The van der Waals surface area contributed by atoms with Gasteiger partial charge in [0.2, 0.25) is 5.95 Å². The number of nitrogens with zero attached hydrogens (tertiary/aromatic N) is 5. The second kappa shape index (κ2) is 11.7. The number of nitrogens with one attached hydrogen (secondary N) is 2. The zero-order chi connectivity index (χ0) is 21.5. The second-order valence-electron chi connectivity index (χ2n) is 8.29. The molecule has 1 aliphatic carbocycles. The van der Waals surface area contributed by atoms with E-state index in [1.54, 1.807) is 24.5 Å². The summed E-state index contributed by atoms with van der Waals surface area (Å²) in [6.45, 7) is 9.23. The van der Waals surface area contributed by atoms with Crippen molar-refractivity contribution in [2.45, 2.75) is 25.2 Å². The molecule has 1 aromatic heterocycles. The number of guanidine groups is 1. The van der Waals surface area contributed by atoms with Gasteiger partial charge < -0.3 is 15.5 Å². The van der Waals surface area contributed by atoms with E-state index in [2.05, 4.69) is 37.3 Å². The van der Waals surface area contributed by atoms with Crippen LogP contribution in [0.25, 0.3) is 0 Å². The smallest absolute Gasteiger partial charge is 0.225 e. The molecule has 1 saturated heterocycles. The van der Waals surface area contributed by atoms with Crippen molar-refractivity contribution in [1.82, 2.24) is 25.5 Å².